The van der Waals surface area contributed by atoms with Crippen LogP contribution in [0.3, 0.4) is 0 Å². The lowest BCUT2D eigenvalue weighted by Crippen LogP contribution is -2.46. The molecule has 3 heteroatoms. The van der Waals surface area contributed by atoms with Crippen LogP contribution >= 0.6 is 11.8 Å². The highest BCUT2D eigenvalue weighted by atomic mass is 32.2. The van der Waals surface area contributed by atoms with Crippen molar-refractivity contribution in [1.29, 1.82) is 0 Å². The van der Waals surface area contributed by atoms with Gasteiger partial charge >= 0.3 is 0 Å². The Labute approximate surface area is 130 Å². The van der Waals surface area contributed by atoms with Crippen LogP contribution in [0.4, 0.5) is 0 Å². The number of hydrogen-bond acceptors (Lipinski definition) is 3. The van der Waals surface area contributed by atoms with E-state index in [1.165, 1.54) is 64.0 Å². The summed E-state index contributed by atoms with van der Waals surface area (Å²) < 4.78 is 0.477. The van der Waals surface area contributed by atoms with Crippen molar-refractivity contribution < 1.29 is 0 Å². The summed E-state index contributed by atoms with van der Waals surface area (Å²) in [4.78, 5) is 2.76. The van der Waals surface area contributed by atoms with E-state index < -0.39 is 0 Å². The molecule has 0 amide bonds. The Morgan fingerprint density at radius 1 is 1.25 bits per heavy atom. The van der Waals surface area contributed by atoms with Gasteiger partial charge in [-0.15, -0.1) is 0 Å². The van der Waals surface area contributed by atoms with Gasteiger partial charge in [-0.3, -0.25) is 0 Å². The molecule has 0 bridgehead atoms. The molecule has 1 saturated heterocycles. The van der Waals surface area contributed by atoms with E-state index in [0.717, 1.165) is 5.92 Å². The van der Waals surface area contributed by atoms with Gasteiger partial charge in [-0.25, -0.2) is 0 Å². The normalized spacial score (nSPS) is 35.7. The maximum absolute atomic E-state index is 3.49. The lowest BCUT2D eigenvalue weighted by Gasteiger charge is -2.43. The van der Waals surface area contributed by atoms with Crippen LogP contribution in [0.2, 0.25) is 0 Å². The van der Waals surface area contributed by atoms with Crippen LogP contribution in [0.1, 0.15) is 52.9 Å². The van der Waals surface area contributed by atoms with E-state index in [1.807, 2.05) is 0 Å². The lowest BCUT2D eigenvalue weighted by molar-refractivity contribution is 0.0842. The van der Waals surface area contributed by atoms with E-state index in [-0.39, 0.29) is 0 Å². The highest BCUT2D eigenvalue weighted by molar-refractivity contribution is 8.00. The van der Waals surface area contributed by atoms with Crippen LogP contribution in [-0.4, -0.2) is 48.6 Å². The van der Waals surface area contributed by atoms with Gasteiger partial charge in [-0.2, -0.15) is 11.8 Å². The standard InChI is InChI=1S/C17H34N2S/c1-15-6-5-7-17(12-15,13-18-4)14-19-9-8-16(2,3)20-11-10-19/h15,18H,5-14H2,1-4H3. The summed E-state index contributed by atoms with van der Waals surface area (Å²) in [5, 5.41) is 3.49. The number of thioether (sulfide) groups is 1. The molecule has 20 heavy (non-hydrogen) atoms. The second-order valence-corrected chi connectivity index (χ2v) is 9.67. The summed E-state index contributed by atoms with van der Waals surface area (Å²) in [6.45, 7) is 12.4. The Kier molecular flexibility index (Phi) is 5.84. The molecule has 118 valence electrons. The predicted molar refractivity (Wildman–Crippen MR) is 91.6 cm³/mol. The molecule has 1 heterocycles. The minimum atomic E-state index is 0.477. The van der Waals surface area contributed by atoms with Gasteiger partial charge in [0.15, 0.2) is 0 Å². The van der Waals surface area contributed by atoms with Crippen molar-refractivity contribution in [3.63, 3.8) is 0 Å². The maximum Gasteiger partial charge on any atom is 0.0116 e. The Morgan fingerprint density at radius 2 is 2.05 bits per heavy atom. The summed E-state index contributed by atoms with van der Waals surface area (Å²) in [5.41, 5.74) is 0.533. The Hall–Kier alpha value is 0.270. The first kappa shape index (κ1) is 16.6. The zero-order chi connectivity index (χ0) is 14.6. The highest BCUT2D eigenvalue weighted by Gasteiger charge is 2.36. The molecule has 1 N–H and O–H groups in total. The summed E-state index contributed by atoms with van der Waals surface area (Å²) >= 11 is 2.16. The van der Waals surface area contributed by atoms with E-state index >= 15 is 0 Å². The topological polar surface area (TPSA) is 15.3 Å². The third-order valence-corrected chi connectivity index (χ3v) is 6.60. The molecule has 1 saturated carbocycles. The van der Waals surface area contributed by atoms with E-state index in [2.05, 4.69) is 49.8 Å². The molecule has 1 aliphatic carbocycles. The molecule has 2 aliphatic rings. The molecule has 2 fully saturated rings. The molecule has 2 rings (SSSR count). The largest absolute Gasteiger partial charge is 0.319 e. The summed E-state index contributed by atoms with van der Waals surface area (Å²) in [7, 11) is 2.13. The molecular weight excluding hydrogens is 264 g/mol. The summed E-state index contributed by atoms with van der Waals surface area (Å²) in [5.74, 6) is 2.22. The van der Waals surface area contributed by atoms with Crippen LogP contribution in [0, 0.1) is 11.3 Å². The molecule has 2 unspecified atom stereocenters. The first-order valence-corrected chi connectivity index (χ1v) is 9.44. The van der Waals surface area contributed by atoms with Crippen molar-refractivity contribution in [2.24, 2.45) is 11.3 Å². The van der Waals surface area contributed by atoms with E-state index in [0.29, 0.717) is 10.2 Å². The average Bonchev–Trinajstić information content (AvgIpc) is 2.51. The minimum Gasteiger partial charge on any atom is -0.319 e. The first-order valence-electron chi connectivity index (χ1n) is 8.46. The third-order valence-electron chi connectivity index (χ3n) is 5.23. The van der Waals surface area contributed by atoms with Crippen molar-refractivity contribution in [1.82, 2.24) is 10.2 Å². The van der Waals surface area contributed by atoms with E-state index in [1.54, 1.807) is 0 Å². The first-order chi connectivity index (χ1) is 9.45. The fourth-order valence-electron chi connectivity index (χ4n) is 4.20. The zero-order valence-corrected chi connectivity index (χ0v) is 14.8. The number of hydrogen-bond donors (Lipinski definition) is 1. The molecule has 0 radical (unpaired) electrons. The van der Waals surface area contributed by atoms with Crippen LogP contribution < -0.4 is 5.32 Å². The molecular formula is C17H34N2S. The van der Waals surface area contributed by atoms with Crippen LogP contribution in [0.15, 0.2) is 0 Å². The maximum atomic E-state index is 3.49. The molecule has 0 spiro atoms. The molecule has 1 aliphatic heterocycles. The van der Waals surface area contributed by atoms with Crippen LogP contribution in [0.25, 0.3) is 0 Å². The number of nitrogens with one attached hydrogen (secondary N) is 1. The van der Waals surface area contributed by atoms with Gasteiger partial charge in [0.25, 0.3) is 0 Å². The quantitative estimate of drug-likeness (QED) is 0.853. The monoisotopic (exact) mass is 298 g/mol. The highest BCUT2D eigenvalue weighted by Crippen LogP contribution is 2.40. The minimum absolute atomic E-state index is 0.477. The second kappa shape index (κ2) is 7.02. The molecule has 2 atom stereocenters. The molecule has 0 aromatic rings. The molecule has 0 aromatic heterocycles. The smallest absolute Gasteiger partial charge is 0.0116 e. The van der Waals surface area contributed by atoms with Crippen molar-refractivity contribution in [3.05, 3.63) is 0 Å². The zero-order valence-electron chi connectivity index (χ0n) is 14.0. The SMILES string of the molecule is CNCC1(CN2CCSC(C)(C)CC2)CCCC(C)C1. The van der Waals surface area contributed by atoms with Crippen molar-refractivity contribution in [2.75, 3.05) is 39.0 Å². The van der Waals surface area contributed by atoms with Gasteiger partial charge in [-0.1, -0.05) is 33.6 Å². The number of rotatable bonds is 4. The fraction of sp³-hybridized carbons (Fsp3) is 1.00. The van der Waals surface area contributed by atoms with Gasteiger partial charge in [0.1, 0.15) is 0 Å². The van der Waals surface area contributed by atoms with Gasteiger partial charge in [0, 0.05) is 30.1 Å². The predicted octanol–water partition coefficient (Wildman–Crippen LogP) is 3.62. The Balaban J connectivity index is 1.97. The van der Waals surface area contributed by atoms with Crippen molar-refractivity contribution in [3.8, 4) is 0 Å². The third kappa shape index (κ3) is 4.64. The van der Waals surface area contributed by atoms with Gasteiger partial charge in [0.2, 0.25) is 0 Å². The Bertz CT molecular complexity index is 301. The second-order valence-electron chi connectivity index (χ2n) is 7.87. The molecule has 2 nitrogen and oxygen atoms in total. The van der Waals surface area contributed by atoms with Crippen LogP contribution in [-0.2, 0) is 0 Å². The average molecular weight is 299 g/mol. The van der Waals surface area contributed by atoms with Crippen molar-refractivity contribution >= 4 is 11.8 Å². The lowest BCUT2D eigenvalue weighted by atomic mass is 9.69. The van der Waals surface area contributed by atoms with E-state index in [4.69, 9.17) is 0 Å². The number of nitrogens with zero attached hydrogens (tertiary/aromatic N) is 1. The Morgan fingerprint density at radius 3 is 2.75 bits per heavy atom. The van der Waals surface area contributed by atoms with Crippen LogP contribution in [0.5, 0.6) is 0 Å². The van der Waals surface area contributed by atoms with Gasteiger partial charge in [-0.05, 0) is 44.2 Å². The molecule has 0 aromatic carbocycles. The van der Waals surface area contributed by atoms with Gasteiger partial charge < -0.3 is 10.2 Å². The fourth-order valence-corrected chi connectivity index (χ4v) is 5.34. The van der Waals surface area contributed by atoms with Crippen molar-refractivity contribution in [2.45, 2.75) is 57.6 Å². The van der Waals surface area contributed by atoms with E-state index in [9.17, 15) is 0 Å². The summed E-state index contributed by atoms with van der Waals surface area (Å²) in [6.07, 6.45) is 7.04. The summed E-state index contributed by atoms with van der Waals surface area (Å²) in [6, 6.07) is 0. The van der Waals surface area contributed by atoms with Gasteiger partial charge in [0.05, 0.1) is 0 Å².